The van der Waals surface area contributed by atoms with E-state index in [0.29, 0.717) is 43.6 Å². The number of nitrogens with one attached hydrogen (secondary N) is 1. The predicted molar refractivity (Wildman–Crippen MR) is 138 cm³/mol. The number of rotatable bonds is 13. The summed E-state index contributed by atoms with van der Waals surface area (Å²) >= 11 is 0. The molecule has 2 unspecified atom stereocenters. The van der Waals surface area contributed by atoms with E-state index in [0.717, 1.165) is 43.4 Å². The van der Waals surface area contributed by atoms with Gasteiger partial charge in [-0.3, -0.25) is 4.90 Å². The number of carbonyl (C=O) groups is 1. The molecule has 1 heterocycles. The van der Waals surface area contributed by atoms with Crippen LogP contribution in [0.2, 0.25) is 0 Å². The summed E-state index contributed by atoms with van der Waals surface area (Å²) in [6.07, 6.45) is 0.302. The molecule has 2 aromatic carbocycles. The fourth-order valence-corrected chi connectivity index (χ4v) is 4.86. The van der Waals surface area contributed by atoms with Crippen LogP contribution in [0, 0.1) is 29.3 Å². The number of piperidine rings is 1. The molecule has 1 aliphatic carbocycles. The summed E-state index contributed by atoms with van der Waals surface area (Å²) in [5.74, 6) is -2.11. The van der Waals surface area contributed by atoms with Gasteiger partial charge in [0.2, 0.25) is 0 Å². The number of benzene rings is 2. The molecule has 2 fully saturated rings. The maximum Gasteiger partial charge on any atom is 0.333 e. The van der Waals surface area contributed by atoms with Crippen molar-refractivity contribution < 1.29 is 32.5 Å². The molecule has 4 atom stereocenters. The molecule has 4 rings (SSSR count). The molecule has 2 aromatic rings. The number of carboxylic acids is 1. The molecule has 206 valence electrons. The van der Waals surface area contributed by atoms with Crippen LogP contribution in [-0.2, 0) is 22.5 Å². The average Bonchev–Trinajstić information content (AvgIpc) is 3.27. The minimum absolute atomic E-state index is 0. The Hall–Kier alpha value is -2.04. The van der Waals surface area contributed by atoms with Crippen LogP contribution < -0.4 is 10.1 Å². The molecule has 1 saturated carbocycles. The predicted octanol–water partition coefficient (Wildman–Crippen LogP) is 4.47. The SMILES string of the molecule is CCO[C@@H](Cc1ccc(OCCCNC2C3CN(Cc4cc(F)c(F)cc4F)C[C@H]32)cc1)C(=O)O.Cl.Cl. The molecule has 37 heavy (non-hydrogen) atoms. The molecule has 0 aromatic heterocycles. The molecule has 0 spiro atoms. The second kappa shape index (κ2) is 14.2. The molecular weight excluding hydrogens is 532 g/mol. The fraction of sp³-hybridized carbons (Fsp3) is 0.500. The second-order valence-corrected chi connectivity index (χ2v) is 9.19. The Morgan fingerprint density at radius 2 is 1.73 bits per heavy atom. The number of ether oxygens (including phenoxy) is 2. The number of hydrogen-bond acceptors (Lipinski definition) is 5. The van der Waals surface area contributed by atoms with Gasteiger partial charge in [-0.05, 0) is 55.5 Å². The molecule has 11 heteroatoms. The van der Waals surface area contributed by atoms with E-state index in [1.807, 2.05) is 24.3 Å². The molecule has 6 nitrogen and oxygen atoms in total. The number of hydrogen-bond donors (Lipinski definition) is 2. The van der Waals surface area contributed by atoms with Crippen LogP contribution in [0.4, 0.5) is 13.2 Å². The van der Waals surface area contributed by atoms with Gasteiger partial charge in [-0.25, -0.2) is 18.0 Å². The molecule has 0 amide bonds. The van der Waals surface area contributed by atoms with Crippen molar-refractivity contribution in [1.82, 2.24) is 10.2 Å². The number of halogens is 5. The maximum atomic E-state index is 13.9. The Balaban J connectivity index is 0.00000241. The van der Waals surface area contributed by atoms with Gasteiger partial charge < -0.3 is 19.9 Å². The van der Waals surface area contributed by atoms with Gasteiger partial charge in [0.1, 0.15) is 11.6 Å². The highest BCUT2D eigenvalue weighted by Gasteiger charge is 2.55. The van der Waals surface area contributed by atoms with E-state index in [9.17, 15) is 23.1 Å². The van der Waals surface area contributed by atoms with E-state index in [2.05, 4.69) is 10.2 Å². The van der Waals surface area contributed by atoms with Crippen LogP contribution in [0.1, 0.15) is 24.5 Å². The maximum absolute atomic E-state index is 13.9. The van der Waals surface area contributed by atoms with Crippen LogP contribution in [0.3, 0.4) is 0 Å². The van der Waals surface area contributed by atoms with Crippen molar-refractivity contribution in [2.45, 2.75) is 38.5 Å². The van der Waals surface area contributed by atoms with E-state index in [4.69, 9.17) is 9.47 Å². The molecule has 2 N–H and O–H groups in total. The molecule has 0 bridgehead atoms. The van der Waals surface area contributed by atoms with E-state index in [1.54, 1.807) is 6.92 Å². The Morgan fingerprint density at radius 1 is 1.08 bits per heavy atom. The number of fused-ring (bicyclic) bond motifs is 1. The molecular formula is C26H33Cl2F3N2O4. The van der Waals surface area contributed by atoms with Gasteiger partial charge in [-0.2, -0.15) is 0 Å². The number of carboxylic acid groups (broad SMARTS) is 1. The zero-order valence-electron chi connectivity index (χ0n) is 20.5. The van der Waals surface area contributed by atoms with E-state index >= 15 is 0 Å². The van der Waals surface area contributed by atoms with Gasteiger partial charge in [0.25, 0.3) is 0 Å². The van der Waals surface area contributed by atoms with Gasteiger partial charge in [-0.15, -0.1) is 24.8 Å². The third kappa shape index (κ3) is 8.22. The zero-order valence-corrected chi connectivity index (χ0v) is 22.1. The summed E-state index contributed by atoms with van der Waals surface area (Å²) in [4.78, 5) is 13.3. The summed E-state index contributed by atoms with van der Waals surface area (Å²) in [5.41, 5.74) is 1.07. The summed E-state index contributed by atoms with van der Waals surface area (Å²) in [7, 11) is 0. The smallest absolute Gasteiger partial charge is 0.333 e. The third-order valence-corrected chi connectivity index (χ3v) is 6.71. The molecule has 1 aliphatic heterocycles. The van der Waals surface area contributed by atoms with Crippen LogP contribution in [0.25, 0.3) is 0 Å². The van der Waals surface area contributed by atoms with Crippen molar-refractivity contribution in [3.8, 4) is 5.75 Å². The topological polar surface area (TPSA) is 71.0 Å². The van der Waals surface area contributed by atoms with Gasteiger partial charge in [0.15, 0.2) is 17.7 Å². The van der Waals surface area contributed by atoms with Crippen molar-refractivity contribution in [2.75, 3.05) is 32.8 Å². The summed E-state index contributed by atoms with van der Waals surface area (Å²) in [6, 6.07) is 9.38. The number of nitrogens with zero attached hydrogens (tertiary/aromatic N) is 1. The lowest BCUT2D eigenvalue weighted by Crippen LogP contribution is -2.32. The van der Waals surface area contributed by atoms with E-state index in [1.165, 1.54) is 0 Å². The number of likely N-dealkylation sites (tertiary alicyclic amines) is 1. The average molecular weight is 565 g/mol. The summed E-state index contributed by atoms with van der Waals surface area (Å²) in [5, 5.41) is 12.7. The highest BCUT2D eigenvalue weighted by molar-refractivity contribution is 5.85. The minimum atomic E-state index is -1.16. The van der Waals surface area contributed by atoms with Crippen LogP contribution in [-0.4, -0.2) is 61.0 Å². The van der Waals surface area contributed by atoms with Gasteiger partial charge in [-0.1, -0.05) is 12.1 Å². The summed E-state index contributed by atoms with van der Waals surface area (Å²) in [6.45, 7) is 5.43. The molecule has 0 radical (unpaired) electrons. The normalized spacial score (nSPS) is 20.9. The van der Waals surface area contributed by atoms with Crippen molar-refractivity contribution in [2.24, 2.45) is 11.8 Å². The van der Waals surface area contributed by atoms with Crippen LogP contribution in [0.15, 0.2) is 36.4 Å². The van der Waals surface area contributed by atoms with Crippen molar-refractivity contribution in [3.63, 3.8) is 0 Å². The first kappa shape index (κ1) is 31.2. The molecule has 2 aliphatic rings. The van der Waals surface area contributed by atoms with E-state index in [-0.39, 0.29) is 36.9 Å². The second-order valence-electron chi connectivity index (χ2n) is 9.19. The Kier molecular flexibility index (Phi) is 12.0. The highest BCUT2D eigenvalue weighted by atomic mass is 35.5. The van der Waals surface area contributed by atoms with Gasteiger partial charge in [0.05, 0.1) is 6.61 Å². The Bertz CT molecular complexity index is 1020. The van der Waals surface area contributed by atoms with Crippen LogP contribution >= 0.6 is 24.8 Å². The Labute approximate surface area is 227 Å². The van der Waals surface area contributed by atoms with Gasteiger partial charge >= 0.3 is 5.97 Å². The van der Waals surface area contributed by atoms with Crippen molar-refractivity contribution in [3.05, 3.63) is 65.0 Å². The first-order valence-corrected chi connectivity index (χ1v) is 12.0. The minimum Gasteiger partial charge on any atom is -0.494 e. The number of aliphatic carboxylic acids is 1. The molecule has 1 saturated heterocycles. The highest BCUT2D eigenvalue weighted by Crippen LogP contribution is 2.45. The Morgan fingerprint density at radius 3 is 2.35 bits per heavy atom. The third-order valence-electron chi connectivity index (χ3n) is 6.71. The lowest BCUT2D eigenvalue weighted by molar-refractivity contribution is -0.149. The lowest BCUT2D eigenvalue weighted by Gasteiger charge is -2.20. The largest absolute Gasteiger partial charge is 0.494 e. The first-order valence-electron chi connectivity index (χ1n) is 12.0. The van der Waals surface area contributed by atoms with Crippen molar-refractivity contribution in [1.29, 1.82) is 0 Å². The quantitative estimate of drug-likeness (QED) is 0.276. The summed E-state index contributed by atoms with van der Waals surface area (Å²) < 4.78 is 51.4. The monoisotopic (exact) mass is 564 g/mol. The zero-order chi connectivity index (χ0) is 24.9. The fourth-order valence-electron chi connectivity index (χ4n) is 4.86. The lowest BCUT2D eigenvalue weighted by atomic mass is 10.1. The van der Waals surface area contributed by atoms with Crippen LogP contribution in [0.5, 0.6) is 5.75 Å². The van der Waals surface area contributed by atoms with Gasteiger partial charge in [0, 0.05) is 50.3 Å². The van der Waals surface area contributed by atoms with Crippen molar-refractivity contribution >= 4 is 30.8 Å². The first-order chi connectivity index (χ1) is 16.9. The standard InChI is InChI=1S/C26H31F3N2O4.2ClH/c1-2-34-24(26(32)33)10-16-4-6-18(7-5-16)35-9-3-8-30-25-19-14-31(15-20(19)25)13-17-11-22(28)23(29)12-21(17)27;;/h4-7,11-12,19-20,24-25,30H,2-3,8-10,13-15H2,1H3,(H,32,33);2*1H/t19-,20?,24+,25?;;/m1../s1. The van der Waals surface area contributed by atoms with E-state index < -0.39 is 29.5 Å².